The molecule has 3 aliphatic rings. The number of fused-ring (bicyclic) bond motifs is 1. The van der Waals surface area contributed by atoms with Crippen LogP contribution in [0.25, 0.3) is 0 Å². The van der Waals surface area contributed by atoms with Gasteiger partial charge in [-0.05, 0) is 24.3 Å². The number of benzene rings is 2. The summed E-state index contributed by atoms with van der Waals surface area (Å²) in [6.45, 7) is 2.07. The van der Waals surface area contributed by atoms with Crippen LogP contribution in [0.5, 0.6) is 23.0 Å². The van der Waals surface area contributed by atoms with Crippen LogP contribution in [-0.2, 0) is 14.4 Å². The first-order valence-corrected chi connectivity index (χ1v) is 12.0. The number of ether oxygens (including phenoxy) is 4. The summed E-state index contributed by atoms with van der Waals surface area (Å²) in [6.07, 6.45) is -0.567. The molecule has 3 heterocycles. The quantitative estimate of drug-likeness (QED) is 0.621. The van der Waals surface area contributed by atoms with Crippen LogP contribution in [0.3, 0.4) is 0 Å². The van der Waals surface area contributed by atoms with E-state index in [0.717, 1.165) is 0 Å². The first-order valence-electron chi connectivity index (χ1n) is 12.0. The molecule has 2 atom stereocenters. The molecule has 0 N–H and O–H groups in total. The molecule has 190 valence electrons. The number of rotatable bonds is 5. The molecule has 0 radical (unpaired) electrons. The second kappa shape index (κ2) is 9.96. The molecule has 10 heteroatoms. The zero-order valence-electron chi connectivity index (χ0n) is 20.3. The average Bonchev–Trinajstić information content (AvgIpc) is 3.32. The highest BCUT2D eigenvalue weighted by molar-refractivity contribution is 6.01. The Morgan fingerprint density at radius 1 is 0.917 bits per heavy atom. The van der Waals surface area contributed by atoms with Gasteiger partial charge in [-0.15, -0.1) is 0 Å². The van der Waals surface area contributed by atoms with Gasteiger partial charge in [0.2, 0.25) is 17.9 Å². The Balaban J connectivity index is 1.17. The number of nitrogens with zero attached hydrogens (tertiary/aromatic N) is 3. The number of methoxy groups -OCH3 is 2. The van der Waals surface area contributed by atoms with Gasteiger partial charge in [0.05, 0.1) is 25.8 Å². The molecule has 0 aromatic heterocycles. The van der Waals surface area contributed by atoms with Crippen LogP contribution in [0, 0.1) is 5.92 Å². The van der Waals surface area contributed by atoms with Gasteiger partial charge in [-0.3, -0.25) is 14.4 Å². The van der Waals surface area contributed by atoms with E-state index in [4.69, 9.17) is 18.9 Å². The van der Waals surface area contributed by atoms with E-state index in [-0.39, 0.29) is 37.3 Å². The zero-order valence-corrected chi connectivity index (χ0v) is 20.3. The molecule has 0 saturated carbocycles. The van der Waals surface area contributed by atoms with Gasteiger partial charge in [0.15, 0.2) is 11.5 Å². The first-order chi connectivity index (χ1) is 17.5. The van der Waals surface area contributed by atoms with E-state index >= 15 is 0 Å². The van der Waals surface area contributed by atoms with Crippen LogP contribution in [0.15, 0.2) is 42.5 Å². The van der Waals surface area contributed by atoms with Crippen LogP contribution in [0.1, 0.15) is 6.42 Å². The van der Waals surface area contributed by atoms with Gasteiger partial charge in [-0.25, -0.2) is 0 Å². The van der Waals surface area contributed by atoms with Crippen LogP contribution < -0.4 is 23.8 Å². The van der Waals surface area contributed by atoms with Crippen molar-refractivity contribution >= 4 is 23.4 Å². The van der Waals surface area contributed by atoms with E-state index in [1.807, 2.05) is 12.1 Å². The SMILES string of the molecule is COc1ccc(N2C[C@@H](C(=O)N3CCN(C(=O)[C@H]4COc5ccccc5O4)CC3)CC2=O)c(OC)c1. The molecule has 0 aliphatic carbocycles. The molecule has 2 saturated heterocycles. The third kappa shape index (κ3) is 4.50. The van der Waals surface area contributed by atoms with Crippen LogP contribution in [0.4, 0.5) is 5.69 Å². The summed E-state index contributed by atoms with van der Waals surface area (Å²) in [7, 11) is 3.10. The highest BCUT2D eigenvalue weighted by Gasteiger charge is 2.40. The maximum absolute atomic E-state index is 13.2. The Labute approximate surface area is 209 Å². The molecule has 3 aliphatic heterocycles. The number of carbonyl (C=O) groups excluding carboxylic acids is 3. The van der Waals surface area contributed by atoms with Gasteiger partial charge in [0.1, 0.15) is 18.1 Å². The predicted octanol–water partition coefficient (Wildman–Crippen LogP) is 1.57. The molecule has 2 fully saturated rings. The Bertz CT molecular complexity index is 1160. The smallest absolute Gasteiger partial charge is 0.267 e. The lowest BCUT2D eigenvalue weighted by atomic mass is 10.1. The number of para-hydroxylation sites is 2. The van der Waals surface area contributed by atoms with E-state index in [2.05, 4.69) is 0 Å². The minimum absolute atomic E-state index is 0.0726. The predicted molar refractivity (Wildman–Crippen MR) is 130 cm³/mol. The minimum Gasteiger partial charge on any atom is -0.497 e. The first kappa shape index (κ1) is 23.8. The second-order valence-electron chi connectivity index (χ2n) is 8.96. The lowest BCUT2D eigenvalue weighted by Gasteiger charge is -2.38. The summed E-state index contributed by atoms with van der Waals surface area (Å²) < 4.78 is 22.2. The Hall–Kier alpha value is -3.95. The monoisotopic (exact) mass is 495 g/mol. The summed E-state index contributed by atoms with van der Waals surface area (Å²) in [5.41, 5.74) is 0.616. The molecule has 0 bridgehead atoms. The number of anilines is 1. The number of amides is 3. The summed E-state index contributed by atoms with van der Waals surface area (Å²) >= 11 is 0. The van der Waals surface area contributed by atoms with Crippen molar-refractivity contribution in [3.05, 3.63) is 42.5 Å². The second-order valence-corrected chi connectivity index (χ2v) is 8.96. The fourth-order valence-corrected chi connectivity index (χ4v) is 4.86. The van der Waals surface area contributed by atoms with Gasteiger partial charge in [0, 0.05) is 45.2 Å². The fourth-order valence-electron chi connectivity index (χ4n) is 4.86. The Kier molecular flexibility index (Phi) is 6.58. The average molecular weight is 496 g/mol. The molecular formula is C26H29N3O7. The van der Waals surface area contributed by atoms with E-state index in [1.165, 1.54) is 7.11 Å². The summed E-state index contributed by atoms with van der Waals surface area (Å²) in [4.78, 5) is 44.1. The maximum atomic E-state index is 13.2. The molecule has 0 unspecified atom stereocenters. The van der Waals surface area contributed by atoms with Crippen LogP contribution >= 0.6 is 0 Å². The van der Waals surface area contributed by atoms with Crippen molar-refractivity contribution in [2.24, 2.45) is 5.92 Å². The molecule has 0 spiro atoms. The number of piperazine rings is 1. The van der Waals surface area contributed by atoms with Crippen LogP contribution in [-0.4, -0.2) is 87.2 Å². The minimum atomic E-state index is -0.706. The van der Waals surface area contributed by atoms with Gasteiger partial charge < -0.3 is 33.6 Å². The lowest BCUT2D eigenvalue weighted by molar-refractivity contribution is -0.147. The molecular weight excluding hydrogens is 466 g/mol. The third-order valence-corrected chi connectivity index (χ3v) is 6.84. The van der Waals surface area contributed by atoms with Gasteiger partial charge in [-0.2, -0.15) is 0 Å². The van der Waals surface area contributed by atoms with E-state index in [0.29, 0.717) is 54.9 Å². The zero-order chi connectivity index (χ0) is 25.2. The highest BCUT2D eigenvalue weighted by atomic mass is 16.6. The van der Waals surface area contributed by atoms with E-state index < -0.39 is 12.0 Å². The van der Waals surface area contributed by atoms with Gasteiger partial charge >= 0.3 is 0 Å². The molecule has 5 rings (SSSR count). The lowest BCUT2D eigenvalue weighted by Crippen LogP contribution is -2.56. The summed E-state index contributed by atoms with van der Waals surface area (Å²) in [5.74, 6) is 1.53. The topological polar surface area (TPSA) is 97.9 Å². The van der Waals surface area contributed by atoms with Gasteiger partial charge in [0.25, 0.3) is 5.91 Å². The van der Waals surface area contributed by atoms with Crippen molar-refractivity contribution in [1.29, 1.82) is 0 Å². The molecule has 2 aromatic rings. The fraction of sp³-hybridized carbons (Fsp3) is 0.423. The Morgan fingerprint density at radius 2 is 1.61 bits per heavy atom. The number of carbonyl (C=O) groups is 3. The summed E-state index contributed by atoms with van der Waals surface area (Å²) in [5, 5.41) is 0. The molecule has 3 amide bonds. The van der Waals surface area contributed by atoms with E-state index in [1.54, 1.807) is 52.1 Å². The van der Waals surface area contributed by atoms with E-state index in [9.17, 15) is 14.4 Å². The molecule has 36 heavy (non-hydrogen) atoms. The Morgan fingerprint density at radius 3 is 2.31 bits per heavy atom. The maximum Gasteiger partial charge on any atom is 0.267 e. The highest BCUT2D eigenvalue weighted by Crippen LogP contribution is 2.36. The molecule has 2 aromatic carbocycles. The van der Waals surface area contributed by atoms with Crippen molar-refractivity contribution in [2.75, 3.05) is 58.5 Å². The van der Waals surface area contributed by atoms with Gasteiger partial charge in [-0.1, -0.05) is 12.1 Å². The standard InChI is InChI=1S/C26H29N3O7/c1-33-18-7-8-19(22(14-18)34-2)29-15-17(13-24(29)30)25(31)27-9-11-28(12-10-27)26(32)23-16-35-20-5-3-4-6-21(20)36-23/h3-8,14,17,23H,9-13,15-16H2,1-2H3/t17-,23+/m0/s1. The molecule has 10 nitrogen and oxygen atoms in total. The van der Waals surface area contributed by atoms with Crippen molar-refractivity contribution in [1.82, 2.24) is 9.80 Å². The largest absolute Gasteiger partial charge is 0.497 e. The number of hydrogen-bond donors (Lipinski definition) is 0. The summed E-state index contributed by atoms with van der Waals surface area (Å²) in [6, 6.07) is 12.5. The van der Waals surface area contributed by atoms with Crippen molar-refractivity contribution in [3.63, 3.8) is 0 Å². The normalized spacial score (nSPS) is 21.4. The van der Waals surface area contributed by atoms with Crippen molar-refractivity contribution in [3.8, 4) is 23.0 Å². The third-order valence-electron chi connectivity index (χ3n) is 6.84. The number of hydrogen-bond acceptors (Lipinski definition) is 7. The van der Waals surface area contributed by atoms with Crippen molar-refractivity contribution < 1.29 is 33.3 Å². The van der Waals surface area contributed by atoms with Crippen molar-refractivity contribution in [2.45, 2.75) is 12.5 Å². The van der Waals surface area contributed by atoms with Crippen LogP contribution in [0.2, 0.25) is 0 Å².